The van der Waals surface area contributed by atoms with Gasteiger partial charge in [-0.3, -0.25) is 0 Å². The van der Waals surface area contributed by atoms with Crippen molar-refractivity contribution in [2.45, 2.75) is 13.8 Å². The summed E-state index contributed by atoms with van der Waals surface area (Å²) >= 11 is 0. The van der Waals surface area contributed by atoms with E-state index in [0.717, 1.165) is 0 Å². The zero-order chi connectivity index (χ0) is 13.1. The molecular formula is C11H12N4O3. The SMILES string of the molecule is CCOC(=O)c1cc(O)ccc1-n1nnnc1C. The molecule has 0 saturated heterocycles. The molecule has 1 aromatic carbocycles. The molecular weight excluding hydrogens is 236 g/mol. The summed E-state index contributed by atoms with van der Waals surface area (Å²) in [6.45, 7) is 3.67. The predicted molar refractivity (Wildman–Crippen MR) is 61.5 cm³/mol. The number of hydrogen-bond acceptors (Lipinski definition) is 6. The number of carbonyl (C=O) groups excluding carboxylic acids is 1. The number of aromatic hydroxyl groups is 1. The van der Waals surface area contributed by atoms with E-state index in [0.29, 0.717) is 11.5 Å². The molecule has 94 valence electrons. The zero-order valence-corrected chi connectivity index (χ0v) is 9.99. The number of phenols is 1. The van der Waals surface area contributed by atoms with Gasteiger partial charge in [0.05, 0.1) is 17.9 Å². The third kappa shape index (κ3) is 2.15. The van der Waals surface area contributed by atoms with Crippen LogP contribution in [0.2, 0.25) is 0 Å². The summed E-state index contributed by atoms with van der Waals surface area (Å²) in [5, 5.41) is 20.5. The Balaban J connectivity index is 2.54. The first-order valence-electron chi connectivity index (χ1n) is 5.39. The minimum absolute atomic E-state index is 0.0208. The molecule has 0 radical (unpaired) electrons. The molecule has 0 amide bonds. The molecule has 0 aliphatic carbocycles. The van der Waals surface area contributed by atoms with Gasteiger partial charge in [0.1, 0.15) is 5.75 Å². The fourth-order valence-electron chi connectivity index (χ4n) is 1.54. The van der Waals surface area contributed by atoms with Crippen molar-refractivity contribution >= 4 is 5.97 Å². The van der Waals surface area contributed by atoms with E-state index >= 15 is 0 Å². The molecule has 2 rings (SSSR count). The lowest BCUT2D eigenvalue weighted by Crippen LogP contribution is -2.11. The van der Waals surface area contributed by atoms with Crippen LogP contribution in [0.25, 0.3) is 5.69 Å². The molecule has 0 aliphatic rings. The van der Waals surface area contributed by atoms with Gasteiger partial charge in [-0.2, -0.15) is 4.68 Å². The molecule has 0 unspecified atom stereocenters. The van der Waals surface area contributed by atoms with Gasteiger partial charge in [-0.25, -0.2) is 4.79 Å². The van der Waals surface area contributed by atoms with Crippen LogP contribution in [0.4, 0.5) is 0 Å². The van der Waals surface area contributed by atoms with Gasteiger partial charge in [-0.05, 0) is 42.5 Å². The molecule has 0 bridgehead atoms. The molecule has 0 aliphatic heterocycles. The highest BCUT2D eigenvalue weighted by Crippen LogP contribution is 2.21. The molecule has 1 aromatic heterocycles. The molecule has 0 saturated carbocycles. The molecule has 0 spiro atoms. The Morgan fingerprint density at radius 1 is 1.50 bits per heavy atom. The summed E-state index contributed by atoms with van der Waals surface area (Å²) < 4.78 is 6.34. The van der Waals surface area contributed by atoms with Gasteiger partial charge in [0.25, 0.3) is 0 Å². The number of aromatic nitrogens is 4. The third-order valence-electron chi connectivity index (χ3n) is 2.33. The Morgan fingerprint density at radius 3 is 2.89 bits per heavy atom. The second-order valence-corrected chi connectivity index (χ2v) is 3.56. The largest absolute Gasteiger partial charge is 0.508 e. The summed E-state index contributed by atoms with van der Waals surface area (Å²) in [7, 11) is 0. The number of esters is 1. The summed E-state index contributed by atoms with van der Waals surface area (Å²) in [5.74, 6) is -0.0166. The fraction of sp³-hybridized carbons (Fsp3) is 0.273. The van der Waals surface area contributed by atoms with Crippen molar-refractivity contribution in [1.29, 1.82) is 0 Å². The summed E-state index contributed by atoms with van der Waals surface area (Å²) in [6.07, 6.45) is 0. The van der Waals surface area contributed by atoms with Crippen molar-refractivity contribution in [2.24, 2.45) is 0 Å². The van der Waals surface area contributed by atoms with Crippen molar-refractivity contribution in [3.05, 3.63) is 29.6 Å². The molecule has 18 heavy (non-hydrogen) atoms. The number of tetrazole rings is 1. The molecule has 2 aromatic rings. The van der Waals surface area contributed by atoms with Crippen LogP contribution >= 0.6 is 0 Å². The highest BCUT2D eigenvalue weighted by atomic mass is 16.5. The van der Waals surface area contributed by atoms with Crippen LogP contribution in [0.1, 0.15) is 23.1 Å². The summed E-state index contributed by atoms with van der Waals surface area (Å²) in [4.78, 5) is 11.8. The topological polar surface area (TPSA) is 90.1 Å². The van der Waals surface area contributed by atoms with E-state index in [9.17, 15) is 9.90 Å². The highest BCUT2D eigenvalue weighted by Gasteiger charge is 2.17. The van der Waals surface area contributed by atoms with E-state index in [4.69, 9.17) is 4.74 Å². The maximum atomic E-state index is 11.8. The minimum atomic E-state index is -0.529. The first-order valence-corrected chi connectivity index (χ1v) is 5.39. The lowest BCUT2D eigenvalue weighted by molar-refractivity contribution is 0.0525. The Bertz CT molecular complexity index is 579. The lowest BCUT2D eigenvalue weighted by Gasteiger charge is -2.09. The average molecular weight is 248 g/mol. The minimum Gasteiger partial charge on any atom is -0.508 e. The highest BCUT2D eigenvalue weighted by molar-refractivity contribution is 5.94. The van der Waals surface area contributed by atoms with Gasteiger partial charge in [0.2, 0.25) is 0 Å². The second-order valence-electron chi connectivity index (χ2n) is 3.56. The number of rotatable bonds is 3. The van der Waals surface area contributed by atoms with Gasteiger partial charge in [0, 0.05) is 0 Å². The van der Waals surface area contributed by atoms with Gasteiger partial charge in [0.15, 0.2) is 5.82 Å². The molecule has 1 heterocycles. The van der Waals surface area contributed by atoms with E-state index < -0.39 is 5.97 Å². The van der Waals surface area contributed by atoms with Gasteiger partial charge in [-0.1, -0.05) is 0 Å². The smallest absolute Gasteiger partial charge is 0.340 e. The van der Waals surface area contributed by atoms with Crippen LogP contribution in [0, 0.1) is 6.92 Å². The van der Waals surface area contributed by atoms with Gasteiger partial charge < -0.3 is 9.84 Å². The van der Waals surface area contributed by atoms with E-state index in [1.807, 2.05) is 0 Å². The molecule has 7 heteroatoms. The standard InChI is InChI=1S/C11H12N4O3/c1-3-18-11(17)9-6-8(16)4-5-10(9)15-7(2)12-13-14-15/h4-6,16H,3H2,1-2H3. The zero-order valence-electron chi connectivity index (χ0n) is 9.99. The normalized spacial score (nSPS) is 10.3. The van der Waals surface area contributed by atoms with Crippen LogP contribution in [-0.4, -0.2) is 37.9 Å². The predicted octanol–water partition coefficient (Wildman–Crippen LogP) is 0.853. The number of hydrogen-bond donors (Lipinski definition) is 1. The van der Waals surface area contributed by atoms with Crippen molar-refractivity contribution in [3.63, 3.8) is 0 Å². The quantitative estimate of drug-likeness (QED) is 0.810. The summed E-state index contributed by atoms with van der Waals surface area (Å²) in [6, 6.07) is 4.35. The monoisotopic (exact) mass is 248 g/mol. The van der Waals surface area contributed by atoms with Gasteiger partial charge >= 0.3 is 5.97 Å². The maximum Gasteiger partial charge on any atom is 0.340 e. The first kappa shape index (κ1) is 12.0. The summed E-state index contributed by atoms with van der Waals surface area (Å²) in [5.41, 5.74) is 0.681. The van der Waals surface area contributed by atoms with Crippen molar-refractivity contribution in [3.8, 4) is 11.4 Å². The lowest BCUT2D eigenvalue weighted by atomic mass is 10.1. The van der Waals surface area contributed by atoms with Gasteiger partial charge in [-0.15, -0.1) is 5.10 Å². The molecule has 7 nitrogen and oxygen atoms in total. The average Bonchev–Trinajstić information content (AvgIpc) is 2.76. The van der Waals surface area contributed by atoms with Crippen molar-refractivity contribution in [1.82, 2.24) is 20.2 Å². The first-order chi connectivity index (χ1) is 8.63. The second kappa shape index (κ2) is 4.82. The Morgan fingerprint density at radius 2 is 2.28 bits per heavy atom. The fourth-order valence-corrected chi connectivity index (χ4v) is 1.54. The molecule has 0 atom stereocenters. The number of benzene rings is 1. The molecule has 1 N–H and O–H groups in total. The van der Waals surface area contributed by atoms with Crippen LogP contribution in [0.15, 0.2) is 18.2 Å². The number of carbonyl (C=O) groups is 1. The van der Waals surface area contributed by atoms with Crippen LogP contribution in [0.3, 0.4) is 0 Å². The van der Waals surface area contributed by atoms with Crippen LogP contribution in [0.5, 0.6) is 5.75 Å². The number of ether oxygens (including phenoxy) is 1. The number of phenolic OH excluding ortho intramolecular Hbond substituents is 1. The maximum absolute atomic E-state index is 11.8. The number of aryl methyl sites for hydroxylation is 1. The van der Waals surface area contributed by atoms with E-state index in [1.165, 1.54) is 16.8 Å². The van der Waals surface area contributed by atoms with Crippen molar-refractivity contribution < 1.29 is 14.6 Å². The number of nitrogens with zero attached hydrogens (tertiary/aromatic N) is 4. The Kier molecular flexibility index (Phi) is 3.22. The van der Waals surface area contributed by atoms with E-state index in [1.54, 1.807) is 19.9 Å². The Hall–Kier alpha value is -2.44. The van der Waals surface area contributed by atoms with E-state index in [2.05, 4.69) is 15.5 Å². The van der Waals surface area contributed by atoms with Crippen LogP contribution in [-0.2, 0) is 4.74 Å². The molecule has 0 fully saturated rings. The third-order valence-corrected chi connectivity index (χ3v) is 2.33. The van der Waals surface area contributed by atoms with E-state index in [-0.39, 0.29) is 17.9 Å². The van der Waals surface area contributed by atoms with Crippen LogP contribution < -0.4 is 0 Å². The van der Waals surface area contributed by atoms with Crippen molar-refractivity contribution in [2.75, 3.05) is 6.61 Å². The Labute approximate surface area is 103 Å².